The van der Waals surface area contributed by atoms with Crippen molar-refractivity contribution in [3.8, 4) is 17.2 Å². The maximum Gasteiger partial charge on any atom is 0.254 e. The molecule has 1 saturated heterocycles. The highest BCUT2D eigenvalue weighted by Gasteiger charge is 2.32. The molecule has 8 nitrogen and oxygen atoms in total. The summed E-state index contributed by atoms with van der Waals surface area (Å²) < 4.78 is 18.6. The summed E-state index contributed by atoms with van der Waals surface area (Å²) in [6.07, 6.45) is 3.64. The van der Waals surface area contributed by atoms with E-state index in [4.69, 9.17) is 14.2 Å². The molecule has 1 fully saturated rings. The van der Waals surface area contributed by atoms with E-state index in [2.05, 4.69) is 10.3 Å². The molecule has 9 heteroatoms. The van der Waals surface area contributed by atoms with Gasteiger partial charge < -0.3 is 29.0 Å². The fourth-order valence-electron chi connectivity index (χ4n) is 3.44. The molecule has 2 aliphatic heterocycles. The molecule has 0 saturated carbocycles. The number of ether oxygens (including phenoxy) is 3. The predicted octanol–water partition coefficient (Wildman–Crippen LogP) is 1.41. The average Bonchev–Trinajstić information content (AvgIpc) is 3.12. The van der Waals surface area contributed by atoms with Crippen LogP contribution >= 0.6 is 12.4 Å². The van der Waals surface area contributed by atoms with Gasteiger partial charge in [0.2, 0.25) is 5.75 Å². The molecule has 1 aromatic heterocycles. The lowest BCUT2D eigenvalue weighted by Crippen LogP contribution is -2.49. The van der Waals surface area contributed by atoms with Crippen LogP contribution in [0, 0.1) is 0 Å². The Morgan fingerprint density at radius 2 is 2.15 bits per heavy atom. The normalized spacial score (nSPS) is 18.6. The Kier molecular flexibility index (Phi) is 5.76. The van der Waals surface area contributed by atoms with Crippen molar-refractivity contribution in [2.75, 3.05) is 40.0 Å². The number of piperazine rings is 1. The fraction of sp³-hybridized carbons (Fsp3) is 0.444. The average molecular weight is 395 g/mol. The number of aromatic nitrogens is 2. The molecule has 1 amide bonds. The number of nitrogens with one attached hydrogen (secondary N) is 1. The van der Waals surface area contributed by atoms with Gasteiger partial charge in [-0.2, -0.15) is 0 Å². The summed E-state index contributed by atoms with van der Waals surface area (Å²) in [6, 6.07) is 3.32. The lowest BCUT2D eigenvalue weighted by molar-refractivity contribution is 0.0619. The first-order valence-corrected chi connectivity index (χ1v) is 8.65. The number of carbonyl (C=O) groups excluding carboxylic acids is 1. The van der Waals surface area contributed by atoms with Crippen LogP contribution in [0.25, 0.3) is 0 Å². The minimum atomic E-state index is -0.129. The maximum absolute atomic E-state index is 13.3. The van der Waals surface area contributed by atoms with Gasteiger partial charge in [0, 0.05) is 44.6 Å². The molecule has 0 aliphatic carbocycles. The van der Waals surface area contributed by atoms with Crippen LogP contribution in [0.2, 0.25) is 0 Å². The van der Waals surface area contributed by atoms with Crippen LogP contribution in [0.4, 0.5) is 0 Å². The number of imidazole rings is 1. The molecule has 2 aliphatic rings. The molecular weight excluding hydrogens is 372 g/mol. The summed E-state index contributed by atoms with van der Waals surface area (Å²) in [7, 11) is 3.50. The number of carbonyl (C=O) groups is 1. The lowest BCUT2D eigenvalue weighted by atomic mass is 10.1. The van der Waals surface area contributed by atoms with Gasteiger partial charge in [-0.15, -0.1) is 12.4 Å². The van der Waals surface area contributed by atoms with E-state index in [0.29, 0.717) is 49.1 Å². The first-order chi connectivity index (χ1) is 12.7. The van der Waals surface area contributed by atoms with Crippen molar-refractivity contribution in [1.82, 2.24) is 19.8 Å². The Hall–Kier alpha value is -2.45. The molecule has 0 radical (unpaired) electrons. The van der Waals surface area contributed by atoms with E-state index in [1.807, 2.05) is 22.7 Å². The fourth-order valence-corrected chi connectivity index (χ4v) is 3.44. The number of nitrogens with zero attached hydrogens (tertiary/aromatic N) is 3. The molecule has 146 valence electrons. The third kappa shape index (κ3) is 3.54. The zero-order valence-electron chi connectivity index (χ0n) is 15.3. The number of aryl methyl sites for hydroxylation is 1. The minimum Gasteiger partial charge on any atom is -0.493 e. The van der Waals surface area contributed by atoms with Crippen molar-refractivity contribution in [2.45, 2.75) is 6.04 Å². The Labute approximate surface area is 163 Å². The van der Waals surface area contributed by atoms with Crippen LogP contribution in [0.3, 0.4) is 0 Å². The van der Waals surface area contributed by atoms with Gasteiger partial charge in [0.1, 0.15) is 25.1 Å². The molecule has 4 rings (SSSR count). The number of amides is 1. The molecule has 1 atom stereocenters. The van der Waals surface area contributed by atoms with Crippen molar-refractivity contribution < 1.29 is 19.0 Å². The number of hydrogen-bond donors (Lipinski definition) is 1. The van der Waals surface area contributed by atoms with Crippen LogP contribution in [-0.2, 0) is 7.05 Å². The molecular formula is C18H23ClN4O4. The smallest absolute Gasteiger partial charge is 0.254 e. The molecule has 1 N–H and O–H groups in total. The van der Waals surface area contributed by atoms with E-state index in [1.165, 1.54) is 0 Å². The summed E-state index contributed by atoms with van der Waals surface area (Å²) in [5.41, 5.74) is 0.521. The summed E-state index contributed by atoms with van der Waals surface area (Å²) in [5, 5.41) is 3.34. The predicted molar refractivity (Wildman–Crippen MR) is 101 cm³/mol. The van der Waals surface area contributed by atoms with Gasteiger partial charge in [-0.3, -0.25) is 4.79 Å². The van der Waals surface area contributed by atoms with Crippen molar-refractivity contribution in [2.24, 2.45) is 7.05 Å². The number of fused-ring (bicyclic) bond motifs is 1. The molecule has 3 heterocycles. The summed E-state index contributed by atoms with van der Waals surface area (Å²) in [6.45, 7) is 2.94. The number of hydrogen-bond acceptors (Lipinski definition) is 6. The van der Waals surface area contributed by atoms with E-state index in [1.54, 1.807) is 25.4 Å². The maximum atomic E-state index is 13.3. The van der Waals surface area contributed by atoms with Gasteiger partial charge in [0.25, 0.3) is 5.91 Å². The van der Waals surface area contributed by atoms with Gasteiger partial charge in [0.05, 0.1) is 7.11 Å². The van der Waals surface area contributed by atoms with Gasteiger partial charge in [-0.25, -0.2) is 4.98 Å². The molecule has 2 aromatic rings. The summed E-state index contributed by atoms with van der Waals surface area (Å²) in [4.78, 5) is 19.6. The molecule has 0 bridgehead atoms. The Balaban J connectivity index is 0.00000210. The zero-order chi connectivity index (χ0) is 18.1. The van der Waals surface area contributed by atoms with Gasteiger partial charge in [-0.1, -0.05) is 0 Å². The van der Waals surface area contributed by atoms with Crippen LogP contribution in [0.15, 0.2) is 24.5 Å². The second kappa shape index (κ2) is 8.06. The first kappa shape index (κ1) is 19.3. The highest BCUT2D eigenvalue weighted by molar-refractivity contribution is 5.96. The molecule has 1 unspecified atom stereocenters. The largest absolute Gasteiger partial charge is 0.493 e. The zero-order valence-corrected chi connectivity index (χ0v) is 16.1. The third-order valence-electron chi connectivity index (χ3n) is 4.74. The Morgan fingerprint density at radius 1 is 1.33 bits per heavy atom. The van der Waals surface area contributed by atoms with E-state index >= 15 is 0 Å². The van der Waals surface area contributed by atoms with Gasteiger partial charge in [-0.05, 0) is 12.1 Å². The van der Waals surface area contributed by atoms with Gasteiger partial charge in [0.15, 0.2) is 11.5 Å². The van der Waals surface area contributed by atoms with Crippen molar-refractivity contribution in [3.05, 3.63) is 35.9 Å². The van der Waals surface area contributed by atoms with Crippen molar-refractivity contribution in [3.63, 3.8) is 0 Å². The highest BCUT2D eigenvalue weighted by atomic mass is 35.5. The van der Waals surface area contributed by atoms with Crippen LogP contribution in [-0.4, -0.2) is 60.3 Å². The number of methoxy groups -OCH3 is 1. The molecule has 0 spiro atoms. The lowest BCUT2D eigenvalue weighted by Gasteiger charge is -2.36. The van der Waals surface area contributed by atoms with Crippen molar-refractivity contribution >= 4 is 18.3 Å². The van der Waals surface area contributed by atoms with E-state index < -0.39 is 0 Å². The summed E-state index contributed by atoms with van der Waals surface area (Å²) >= 11 is 0. The SMILES string of the molecule is COc1cc(C(=O)N2CCNCC2c2nccn2C)cc2c1OCCO2.Cl. The Morgan fingerprint density at radius 3 is 2.89 bits per heavy atom. The third-order valence-corrected chi connectivity index (χ3v) is 4.74. The number of rotatable bonds is 3. The minimum absolute atomic E-state index is 0. The quantitative estimate of drug-likeness (QED) is 0.848. The standard InChI is InChI=1S/C18H22N4O4.ClH/c1-21-5-4-20-17(21)13-11-19-3-6-22(13)18(23)12-9-14(24-2)16-15(10-12)25-7-8-26-16;/h4-5,9-10,13,19H,3,6-8,11H2,1-2H3;1H. The molecule has 1 aromatic carbocycles. The van der Waals surface area contributed by atoms with Crippen LogP contribution < -0.4 is 19.5 Å². The van der Waals surface area contributed by atoms with E-state index in [-0.39, 0.29) is 24.4 Å². The van der Waals surface area contributed by atoms with E-state index in [9.17, 15) is 4.79 Å². The number of benzene rings is 1. The molecule has 27 heavy (non-hydrogen) atoms. The highest BCUT2D eigenvalue weighted by Crippen LogP contribution is 2.41. The van der Waals surface area contributed by atoms with Crippen LogP contribution in [0.1, 0.15) is 22.2 Å². The monoisotopic (exact) mass is 394 g/mol. The van der Waals surface area contributed by atoms with E-state index in [0.717, 1.165) is 12.4 Å². The second-order valence-corrected chi connectivity index (χ2v) is 6.32. The van der Waals surface area contributed by atoms with Gasteiger partial charge >= 0.3 is 0 Å². The topological polar surface area (TPSA) is 77.9 Å². The van der Waals surface area contributed by atoms with Crippen LogP contribution in [0.5, 0.6) is 17.2 Å². The number of halogens is 1. The first-order valence-electron chi connectivity index (χ1n) is 8.65. The second-order valence-electron chi connectivity index (χ2n) is 6.32. The van der Waals surface area contributed by atoms with Crippen molar-refractivity contribution in [1.29, 1.82) is 0 Å². The Bertz CT molecular complexity index is 808. The summed E-state index contributed by atoms with van der Waals surface area (Å²) in [5.74, 6) is 2.39.